The minimum Gasteiger partial charge on any atom is -0.497 e. The van der Waals surface area contributed by atoms with Gasteiger partial charge in [0.05, 0.1) is 30.1 Å². The maximum Gasteiger partial charge on any atom is 0.329 e. The molecule has 3 aromatic rings. The fraction of sp³-hybridized carbons (Fsp3) is 0.644. The number of thiazole rings is 1. The van der Waals surface area contributed by atoms with Crippen LogP contribution in [0.1, 0.15) is 106 Å². The molecule has 3 aliphatic rings. The molecule has 17 nitrogen and oxygen atoms in total. The fourth-order valence-electron chi connectivity index (χ4n) is 8.58. The number of fused-ring (bicyclic) bond motifs is 3. The number of carboxylic acid groups (broad SMARTS) is 1. The smallest absolute Gasteiger partial charge is 0.329 e. The Hall–Kier alpha value is -4.75. The molecule has 0 bridgehead atoms. The van der Waals surface area contributed by atoms with Crippen molar-refractivity contribution in [1.82, 2.24) is 35.1 Å². The van der Waals surface area contributed by atoms with Crippen molar-refractivity contribution in [2.75, 3.05) is 32.6 Å². The van der Waals surface area contributed by atoms with Gasteiger partial charge in [0.15, 0.2) is 5.13 Å². The predicted molar refractivity (Wildman–Crippen MR) is 247 cm³/mol. The third kappa shape index (κ3) is 11.2. The van der Waals surface area contributed by atoms with Gasteiger partial charge in [-0.25, -0.2) is 32.3 Å². The van der Waals surface area contributed by atoms with Crippen molar-refractivity contribution in [3.8, 4) is 22.9 Å². The topological polar surface area (TPSA) is 221 Å². The van der Waals surface area contributed by atoms with Gasteiger partial charge in [0.25, 0.3) is 0 Å². The molecule has 6 rings (SSSR count). The van der Waals surface area contributed by atoms with Gasteiger partial charge in [0, 0.05) is 55.0 Å². The number of amides is 4. The van der Waals surface area contributed by atoms with Crippen LogP contribution < -0.4 is 30.7 Å². The molecule has 1 unspecified atom stereocenters. The fourth-order valence-corrected chi connectivity index (χ4v) is 10.5. The molecule has 4 heterocycles. The summed E-state index contributed by atoms with van der Waals surface area (Å²) >= 11 is 1.45. The molecule has 2 saturated heterocycles. The quantitative estimate of drug-likeness (QED) is 0.133. The van der Waals surface area contributed by atoms with E-state index in [-0.39, 0.29) is 37.9 Å². The second-order valence-electron chi connectivity index (χ2n) is 19.2. The Kier molecular flexibility index (Phi) is 15.0. The average molecular weight is 927 g/mol. The number of benzene rings is 1. The Morgan fingerprint density at radius 2 is 1.75 bits per heavy atom. The van der Waals surface area contributed by atoms with Crippen LogP contribution in [-0.4, -0.2) is 125 Å². The first-order valence-corrected chi connectivity index (χ1v) is 24.8. The second-order valence-corrected chi connectivity index (χ2v) is 22.6. The van der Waals surface area contributed by atoms with Gasteiger partial charge in [-0.3, -0.25) is 9.59 Å². The third-order valence-electron chi connectivity index (χ3n) is 12.6. The molecule has 2 aromatic heterocycles. The van der Waals surface area contributed by atoms with E-state index in [1.54, 1.807) is 39.2 Å². The molecular formula is C45H66N8O9S2. The van der Waals surface area contributed by atoms with Crippen molar-refractivity contribution in [2.24, 2.45) is 11.3 Å². The highest BCUT2D eigenvalue weighted by Crippen LogP contribution is 2.48. The second kappa shape index (κ2) is 19.8. The van der Waals surface area contributed by atoms with Gasteiger partial charge in [-0.05, 0) is 70.4 Å². The SMILES string of the molecule is COc1ccc2c(O[C@@H]3C[C@H]4C(=O)N[C@]5(C(=O)O)CC5CCCCCCC[C@H](NC(=O)N[C@H](CN(C)S(=O)(=O)C(C)C)C(C)(C)C)C(=O)N4C3)cc(-c3csc(NC(C)C)n3)nc2c1. The number of hydrogen-bond donors (Lipinski definition) is 5. The Balaban J connectivity index is 1.32. The van der Waals surface area contributed by atoms with E-state index in [4.69, 9.17) is 19.4 Å². The Morgan fingerprint density at radius 1 is 1.05 bits per heavy atom. The van der Waals surface area contributed by atoms with E-state index < -0.39 is 74.3 Å². The highest BCUT2D eigenvalue weighted by atomic mass is 32.2. The number of aliphatic carboxylic acids is 1. The number of pyridine rings is 1. The van der Waals surface area contributed by atoms with Crippen molar-refractivity contribution >= 4 is 61.2 Å². The predicted octanol–water partition coefficient (Wildman–Crippen LogP) is 5.99. The van der Waals surface area contributed by atoms with E-state index in [1.165, 1.54) is 27.6 Å². The molecule has 1 aromatic carbocycles. The van der Waals surface area contributed by atoms with E-state index in [0.29, 0.717) is 53.1 Å². The lowest BCUT2D eigenvalue weighted by molar-refractivity contribution is -0.145. The Bertz CT molecular complexity index is 2300. The van der Waals surface area contributed by atoms with Gasteiger partial charge in [-0.2, -0.15) is 0 Å². The zero-order chi connectivity index (χ0) is 46.7. The lowest BCUT2D eigenvalue weighted by Crippen LogP contribution is -2.59. The number of sulfonamides is 1. The number of urea groups is 1. The van der Waals surface area contributed by atoms with Crippen molar-refractivity contribution < 1.29 is 42.2 Å². The van der Waals surface area contributed by atoms with E-state index in [9.17, 15) is 32.7 Å². The summed E-state index contributed by atoms with van der Waals surface area (Å²) in [6.07, 6.45) is 4.52. The number of rotatable bonds is 13. The molecule has 4 amide bonds. The number of nitrogens with one attached hydrogen (secondary N) is 4. The summed E-state index contributed by atoms with van der Waals surface area (Å²) < 4.78 is 39.5. The molecule has 3 fully saturated rings. The summed E-state index contributed by atoms with van der Waals surface area (Å²) in [6.45, 7) is 12.9. The molecule has 6 atom stereocenters. The monoisotopic (exact) mass is 926 g/mol. The summed E-state index contributed by atoms with van der Waals surface area (Å²) in [7, 11) is -0.569. The minimum atomic E-state index is -3.62. The van der Waals surface area contributed by atoms with Crippen LogP contribution in [0.2, 0.25) is 0 Å². The lowest BCUT2D eigenvalue weighted by atomic mass is 9.87. The maximum atomic E-state index is 14.9. The molecule has 1 aliphatic carbocycles. The first-order chi connectivity index (χ1) is 30.1. The molecule has 1 saturated carbocycles. The minimum absolute atomic E-state index is 0.00636. The van der Waals surface area contributed by atoms with Crippen LogP contribution >= 0.6 is 11.3 Å². The van der Waals surface area contributed by atoms with Crippen LogP contribution in [0.25, 0.3) is 22.3 Å². The molecular weight excluding hydrogens is 861 g/mol. The molecule has 0 radical (unpaired) electrons. The third-order valence-corrected chi connectivity index (χ3v) is 15.6. The van der Waals surface area contributed by atoms with E-state index in [0.717, 1.165) is 30.8 Å². The van der Waals surface area contributed by atoms with Crippen LogP contribution in [0.5, 0.6) is 11.5 Å². The number of anilines is 1. The van der Waals surface area contributed by atoms with E-state index >= 15 is 0 Å². The van der Waals surface area contributed by atoms with E-state index in [2.05, 4.69) is 21.3 Å². The molecule has 0 spiro atoms. The molecule has 64 heavy (non-hydrogen) atoms. The van der Waals surface area contributed by atoms with Gasteiger partial charge < -0.3 is 40.7 Å². The summed E-state index contributed by atoms with van der Waals surface area (Å²) in [5.74, 6) is -1.38. The number of methoxy groups -OCH3 is 1. The number of aromatic nitrogens is 2. The standard InChI is InChI=1S/C45H66N8O9S2/c1-26(2)46-43-49-35(25-63-43)34-21-37(31-18-17-29(61-9)19-33(31)47-34)62-30-20-36-39(54)51-45(41(56)57)22-28(45)15-13-11-10-12-14-16-32(40(55)53(36)23-30)48-42(58)50-38(44(5,6)7)24-52(8)64(59,60)27(3)4/h17-19,21,25-28,30,32,36,38H,10-16,20,22-24H2,1-9H3,(H,46,49)(H,51,54)(H,56,57)(H2,48,50,58)/t28?,30-,32+,36+,38-,45-/m1/s1. The van der Waals surface area contributed by atoms with Crippen LogP contribution in [0.4, 0.5) is 9.93 Å². The van der Waals surface area contributed by atoms with Crippen molar-refractivity contribution in [3.63, 3.8) is 0 Å². The van der Waals surface area contributed by atoms with Crippen LogP contribution in [0.15, 0.2) is 29.6 Å². The number of carbonyl (C=O) groups is 4. The largest absolute Gasteiger partial charge is 0.497 e. The van der Waals surface area contributed by atoms with Gasteiger partial charge in [0.1, 0.15) is 40.9 Å². The highest BCUT2D eigenvalue weighted by Gasteiger charge is 2.62. The van der Waals surface area contributed by atoms with Crippen molar-refractivity contribution in [1.29, 1.82) is 0 Å². The zero-order valence-corrected chi connectivity index (χ0v) is 40.2. The van der Waals surface area contributed by atoms with Crippen molar-refractivity contribution in [3.05, 3.63) is 29.6 Å². The maximum absolute atomic E-state index is 14.9. The Morgan fingerprint density at radius 3 is 2.41 bits per heavy atom. The summed E-state index contributed by atoms with van der Waals surface area (Å²) in [5, 5.41) is 25.1. The van der Waals surface area contributed by atoms with Gasteiger partial charge in [0.2, 0.25) is 21.8 Å². The summed E-state index contributed by atoms with van der Waals surface area (Å²) in [4.78, 5) is 67.1. The van der Waals surface area contributed by atoms with Crippen molar-refractivity contribution in [2.45, 2.75) is 147 Å². The van der Waals surface area contributed by atoms with Crippen LogP contribution in [0, 0.1) is 11.3 Å². The van der Waals surface area contributed by atoms with Crippen LogP contribution in [0.3, 0.4) is 0 Å². The van der Waals surface area contributed by atoms with Crippen LogP contribution in [-0.2, 0) is 24.4 Å². The van der Waals surface area contributed by atoms with Gasteiger partial charge >= 0.3 is 12.0 Å². The number of hydrogen-bond acceptors (Lipinski definition) is 12. The number of ether oxygens (including phenoxy) is 2. The first-order valence-electron chi connectivity index (χ1n) is 22.4. The lowest BCUT2D eigenvalue weighted by Gasteiger charge is -2.35. The number of nitrogens with zero attached hydrogens (tertiary/aromatic N) is 4. The summed E-state index contributed by atoms with van der Waals surface area (Å²) in [5.41, 5.74) is -0.233. The molecule has 2 aliphatic heterocycles. The molecule has 19 heteroatoms. The molecule has 5 N–H and O–H groups in total. The molecule has 352 valence electrons. The highest BCUT2D eigenvalue weighted by molar-refractivity contribution is 7.89. The normalized spacial score (nSPS) is 24.0. The summed E-state index contributed by atoms with van der Waals surface area (Å²) in [6, 6.07) is 3.94. The van der Waals surface area contributed by atoms with E-state index in [1.807, 2.05) is 46.1 Å². The van der Waals surface area contributed by atoms with Gasteiger partial charge in [-0.1, -0.05) is 52.9 Å². The number of carboxylic acids is 1. The Labute approximate surface area is 380 Å². The average Bonchev–Trinajstić information content (AvgIpc) is 3.48. The zero-order valence-electron chi connectivity index (χ0n) is 38.5. The number of carbonyl (C=O) groups excluding carboxylic acids is 3. The number of likely N-dealkylation sites (N-methyl/N-ethyl adjacent to an activating group) is 1. The first kappa shape index (κ1) is 48.7. The van der Waals surface area contributed by atoms with Gasteiger partial charge in [-0.15, -0.1) is 11.3 Å².